The van der Waals surface area contributed by atoms with Crippen LogP contribution in [0, 0.1) is 0 Å². The van der Waals surface area contributed by atoms with Crippen LogP contribution in [0.4, 0.5) is 5.69 Å². The molecule has 2 rings (SSSR count). The third-order valence-corrected chi connectivity index (χ3v) is 2.75. The molecule has 0 unspecified atom stereocenters. The predicted octanol–water partition coefficient (Wildman–Crippen LogP) is 2.18. The fourth-order valence-corrected chi connectivity index (χ4v) is 1.71. The van der Waals surface area contributed by atoms with Crippen LogP contribution in [-0.2, 0) is 0 Å². The number of hydrazone groups is 1. The fraction of sp³-hybridized carbons (Fsp3) is 0.143. The van der Waals surface area contributed by atoms with Gasteiger partial charge in [-0.05, 0) is 48.6 Å². The van der Waals surface area contributed by atoms with Crippen molar-refractivity contribution in [2.45, 2.75) is 0 Å². The number of nitrogens with two attached hydrogens (primary N) is 1. The average molecular weight is 288 g/mol. The van der Waals surface area contributed by atoms with Crippen LogP contribution in [0.3, 0.4) is 0 Å². The van der Waals surface area contributed by atoms with Crippen molar-refractivity contribution in [2.75, 3.05) is 19.0 Å². The van der Waals surface area contributed by atoms with E-state index in [1.54, 1.807) is 0 Å². The number of nitrogens with zero attached hydrogens (tertiary/aromatic N) is 2. The molecule has 5 nitrogen and oxygen atoms in total. The SMILES string of the molecule is CN(C)c1ccc(-c2ccc(/C=N/NC(N)=S)o2)cc1. The highest BCUT2D eigenvalue weighted by Crippen LogP contribution is 2.23. The van der Waals surface area contributed by atoms with Crippen molar-refractivity contribution in [1.29, 1.82) is 0 Å². The van der Waals surface area contributed by atoms with Crippen molar-refractivity contribution in [1.82, 2.24) is 5.43 Å². The first-order valence-electron chi connectivity index (χ1n) is 6.02. The molecule has 6 heteroatoms. The minimum Gasteiger partial charge on any atom is -0.455 e. The van der Waals surface area contributed by atoms with Crippen molar-refractivity contribution < 1.29 is 4.42 Å². The second kappa shape index (κ2) is 6.21. The molecule has 0 radical (unpaired) electrons. The first-order chi connectivity index (χ1) is 9.56. The van der Waals surface area contributed by atoms with Gasteiger partial charge in [0, 0.05) is 25.3 Å². The largest absolute Gasteiger partial charge is 0.455 e. The van der Waals surface area contributed by atoms with Gasteiger partial charge in [0.1, 0.15) is 11.5 Å². The molecule has 0 fully saturated rings. The van der Waals surface area contributed by atoms with Gasteiger partial charge in [-0.25, -0.2) is 0 Å². The number of hydrogen-bond donors (Lipinski definition) is 2. The second-order valence-corrected chi connectivity index (χ2v) is 4.82. The summed E-state index contributed by atoms with van der Waals surface area (Å²) < 4.78 is 5.66. The number of rotatable bonds is 4. The standard InChI is InChI=1S/C14H16N4OS/c1-18(2)11-5-3-10(4-6-11)13-8-7-12(19-13)9-16-17-14(15)20/h3-9H,1-2H3,(H3,15,17,20)/b16-9+. The first-order valence-corrected chi connectivity index (χ1v) is 6.43. The Kier molecular flexibility index (Phi) is 4.37. The maximum absolute atomic E-state index is 5.66. The Morgan fingerprint density at radius 2 is 1.95 bits per heavy atom. The van der Waals surface area contributed by atoms with Crippen LogP contribution >= 0.6 is 12.2 Å². The van der Waals surface area contributed by atoms with Gasteiger partial charge in [-0.15, -0.1) is 0 Å². The Bertz CT molecular complexity index is 616. The average Bonchev–Trinajstić information content (AvgIpc) is 2.87. The fourth-order valence-electron chi connectivity index (χ4n) is 1.66. The Hall–Kier alpha value is -2.34. The summed E-state index contributed by atoms with van der Waals surface area (Å²) in [6.45, 7) is 0. The maximum Gasteiger partial charge on any atom is 0.184 e. The van der Waals surface area contributed by atoms with E-state index in [0.717, 1.165) is 17.0 Å². The second-order valence-electron chi connectivity index (χ2n) is 4.38. The van der Waals surface area contributed by atoms with Crippen molar-refractivity contribution in [2.24, 2.45) is 10.8 Å². The van der Waals surface area contributed by atoms with E-state index in [9.17, 15) is 0 Å². The highest BCUT2D eigenvalue weighted by Gasteiger charge is 2.04. The van der Waals surface area contributed by atoms with Gasteiger partial charge in [-0.3, -0.25) is 5.43 Å². The minimum atomic E-state index is 0.118. The van der Waals surface area contributed by atoms with E-state index >= 15 is 0 Å². The van der Waals surface area contributed by atoms with E-state index in [2.05, 4.69) is 22.7 Å². The maximum atomic E-state index is 5.66. The topological polar surface area (TPSA) is 66.8 Å². The van der Waals surface area contributed by atoms with Gasteiger partial charge >= 0.3 is 0 Å². The zero-order valence-electron chi connectivity index (χ0n) is 11.3. The number of anilines is 1. The molecule has 0 amide bonds. The Morgan fingerprint density at radius 3 is 2.55 bits per heavy atom. The van der Waals surface area contributed by atoms with Crippen LogP contribution in [0.2, 0.25) is 0 Å². The lowest BCUT2D eigenvalue weighted by atomic mass is 10.1. The van der Waals surface area contributed by atoms with Crippen molar-refractivity contribution in [3.63, 3.8) is 0 Å². The van der Waals surface area contributed by atoms with Gasteiger partial charge in [-0.2, -0.15) is 5.10 Å². The van der Waals surface area contributed by atoms with E-state index in [1.807, 2.05) is 55.4 Å². The van der Waals surface area contributed by atoms with Gasteiger partial charge in [0.05, 0.1) is 6.21 Å². The molecule has 3 N–H and O–H groups in total. The van der Waals surface area contributed by atoms with Crippen LogP contribution in [0.5, 0.6) is 0 Å². The molecule has 0 spiro atoms. The number of nitrogens with one attached hydrogen (secondary N) is 1. The molecule has 0 aliphatic rings. The molecule has 0 saturated heterocycles. The number of furan rings is 1. The first kappa shape index (κ1) is 14.1. The summed E-state index contributed by atoms with van der Waals surface area (Å²) in [6.07, 6.45) is 1.52. The summed E-state index contributed by atoms with van der Waals surface area (Å²) >= 11 is 4.64. The molecule has 1 aromatic carbocycles. The van der Waals surface area contributed by atoms with Gasteiger partial charge in [0.2, 0.25) is 0 Å². The van der Waals surface area contributed by atoms with Crippen LogP contribution in [-0.4, -0.2) is 25.4 Å². The zero-order valence-corrected chi connectivity index (χ0v) is 12.1. The summed E-state index contributed by atoms with van der Waals surface area (Å²) in [5.41, 5.74) is 9.89. The van der Waals surface area contributed by atoms with Crippen molar-refractivity contribution in [3.8, 4) is 11.3 Å². The highest BCUT2D eigenvalue weighted by atomic mass is 32.1. The molecular formula is C14H16N4OS. The summed E-state index contributed by atoms with van der Waals surface area (Å²) in [6, 6.07) is 11.8. The van der Waals surface area contributed by atoms with E-state index in [0.29, 0.717) is 5.76 Å². The molecule has 104 valence electrons. The zero-order chi connectivity index (χ0) is 14.5. The number of benzene rings is 1. The van der Waals surface area contributed by atoms with Crippen LogP contribution in [0.25, 0.3) is 11.3 Å². The predicted molar refractivity (Wildman–Crippen MR) is 86.0 cm³/mol. The Balaban J connectivity index is 2.12. The van der Waals surface area contributed by atoms with Gasteiger partial charge in [0.25, 0.3) is 0 Å². The Morgan fingerprint density at radius 1 is 1.25 bits per heavy atom. The van der Waals surface area contributed by atoms with Gasteiger partial charge < -0.3 is 15.1 Å². The molecule has 0 atom stereocenters. The normalized spacial score (nSPS) is 10.7. The quantitative estimate of drug-likeness (QED) is 0.513. The van der Waals surface area contributed by atoms with E-state index in [4.69, 9.17) is 10.2 Å². The minimum absolute atomic E-state index is 0.118. The molecule has 0 aliphatic heterocycles. The molecule has 0 bridgehead atoms. The Labute approximate surface area is 123 Å². The molecule has 1 heterocycles. The summed E-state index contributed by atoms with van der Waals surface area (Å²) in [5, 5.41) is 3.96. The number of thiocarbonyl (C=S) groups is 1. The molecule has 1 aromatic heterocycles. The van der Waals surface area contributed by atoms with Crippen LogP contribution in [0.15, 0.2) is 45.9 Å². The molecule has 20 heavy (non-hydrogen) atoms. The summed E-state index contributed by atoms with van der Waals surface area (Å²) in [7, 11) is 4.01. The third kappa shape index (κ3) is 3.58. The molecular weight excluding hydrogens is 272 g/mol. The van der Waals surface area contributed by atoms with Crippen molar-refractivity contribution in [3.05, 3.63) is 42.2 Å². The van der Waals surface area contributed by atoms with E-state index < -0.39 is 0 Å². The third-order valence-electron chi connectivity index (χ3n) is 2.66. The van der Waals surface area contributed by atoms with E-state index in [-0.39, 0.29) is 5.11 Å². The van der Waals surface area contributed by atoms with Crippen molar-refractivity contribution >= 4 is 29.2 Å². The summed E-state index contributed by atoms with van der Waals surface area (Å²) in [5.74, 6) is 1.41. The van der Waals surface area contributed by atoms with Crippen LogP contribution < -0.4 is 16.1 Å². The smallest absolute Gasteiger partial charge is 0.184 e. The number of hydrogen-bond acceptors (Lipinski definition) is 4. The molecule has 0 aliphatic carbocycles. The van der Waals surface area contributed by atoms with Gasteiger partial charge in [0.15, 0.2) is 5.11 Å². The molecule has 2 aromatic rings. The lowest BCUT2D eigenvalue weighted by Gasteiger charge is -2.12. The van der Waals surface area contributed by atoms with E-state index in [1.165, 1.54) is 6.21 Å². The summed E-state index contributed by atoms with van der Waals surface area (Å²) in [4.78, 5) is 2.05. The highest BCUT2D eigenvalue weighted by molar-refractivity contribution is 7.80. The lowest BCUT2D eigenvalue weighted by Crippen LogP contribution is -2.23. The van der Waals surface area contributed by atoms with Crippen LogP contribution in [0.1, 0.15) is 5.76 Å². The monoisotopic (exact) mass is 288 g/mol. The molecule has 0 saturated carbocycles. The lowest BCUT2D eigenvalue weighted by molar-refractivity contribution is 0.574. The van der Waals surface area contributed by atoms with Gasteiger partial charge in [-0.1, -0.05) is 0 Å².